The first-order chi connectivity index (χ1) is 7.95. The van der Waals surface area contributed by atoms with E-state index in [4.69, 9.17) is 0 Å². The smallest absolute Gasteiger partial charge is 0.0118 e. The minimum Gasteiger partial charge on any atom is -0.0622 e. The standard InChI is InChI=1S/C16H16/c1-3-7-13(8-4-1)16(15-11-12-15)14-9-5-2-6-10-14/h1-10,15-16H,11-12H2. The van der Waals surface area contributed by atoms with E-state index in [0.29, 0.717) is 5.92 Å². The highest BCUT2D eigenvalue weighted by molar-refractivity contribution is 5.34. The average Bonchev–Trinajstić information content (AvgIpc) is 3.17. The Kier molecular flexibility index (Phi) is 2.49. The van der Waals surface area contributed by atoms with Crippen LogP contribution in [-0.4, -0.2) is 0 Å². The monoisotopic (exact) mass is 208 g/mol. The normalized spacial score (nSPS) is 15.3. The van der Waals surface area contributed by atoms with Gasteiger partial charge in [0.15, 0.2) is 0 Å². The molecule has 0 aromatic heterocycles. The molecule has 16 heavy (non-hydrogen) atoms. The largest absolute Gasteiger partial charge is 0.0622 e. The molecule has 0 saturated heterocycles. The van der Waals surface area contributed by atoms with Gasteiger partial charge in [-0.2, -0.15) is 0 Å². The van der Waals surface area contributed by atoms with Gasteiger partial charge in [-0.15, -0.1) is 0 Å². The van der Waals surface area contributed by atoms with Crippen molar-refractivity contribution in [1.29, 1.82) is 0 Å². The van der Waals surface area contributed by atoms with Gasteiger partial charge >= 0.3 is 0 Å². The van der Waals surface area contributed by atoms with Crippen molar-refractivity contribution in [3.05, 3.63) is 71.8 Å². The van der Waals surface area contributed by atoms with Crippen molar-refractivity contribution < 1.29 is 0 Å². The van der Waals surface area contributed by atoms with Crippen molar-refractivity contribution in [3.8, 4) is 0 Å². The first-order valence-corrected chi connectivity index (χ1v) is 6.05. The van der Waals surface area contributed by atoms with Crippen LogP contribution >= 0.6 is 0 Å². The molecule has 2 aromatic carbocycles. The van der Waals surface area contributed by atoms with Crippen molar-refractivity contribution >= 4 is 0 Å². The fourth-order valence-corrected chi connectivity index (χ4v) is 2.49. The van der Waals surface area contributed by atoms with Crippen LogP contribution in [-0.2, 0) is 0 Å². The molecule has 3 rings (SSSR count). The maximum absolute atomic E-state index is 2.26. The molecule has 1 aliphatic rings. The third-order valence-electron chi connectivity index (χ3n) is 3.41. The van der Waals surface area contributed by atoms with E-state index in [9.17, 15) is 0 Å². The highest BCUT2D eigenvalue weighted by atomic mass is 14.4. The lowest BCUT2D eigenvalue weighted by Gasteiger charge is -2.17. The van der Waals surface area contributed by atoms with Crippen LogP contribution in [0.25, 0.3) is 0 Å². The second kappa shape index (κ2) is 4.13. The first-order valence-electron chi connectivity index (χ1n) is 6.05. The van der Waals surface area contributed by atoms with E-state index in [1.54, 1.807) is 0 Å². The topological polar surface area (TPSA) is 0 Å². The second-order valence-electron chi connectivity index (χ2n) is 4.64. The van der Waals surface area contributed by atoms with Crippen molar-refractivity contribution in [2.45, 2.75) is 18.8 Å². The molecule has 2 aromatic rings. The molecule has 0 N–H and O–H groups in total. The van der Waals surface area contributed by atoms with Crippen LogP contribution in [0, 0.1) is 5.92 Å². The Labute approximate surface area is 96.9 Å². The number of hydrogen-bond donors (Lipinski definition) is 0. The van der Waals surface area contributed by atoms with Crippen molar-refractivity contribution in [1.82, 2.24) is 0 Å². The van der Waals surface area contributed by atoms with Crippen LogP contribution < -0.4 is 0 Å². The van der Waals surface area contributed by atoms with Crippen LogP contribution in [0.3, 0.4) is 0 Å². The Morgan fingerprint density at radius 2 is 1.12 bits per heavy atom. The molecule has 0 bridgehead atoms. The van der Waals surface area contributed by atoms with Gasteiger partial charge in [-0.05, 0) is 29.9 Å². The average molecular weight is 208 g/mol. The minimum atomic E-state index is 0.613. The summed E-state index contributed by atoms with van der Waals surface area (Å²) in [4.78, 5) is 0. The summed E-state index contributed by atoms with van der Waals surface area (Å²) >= 11 is 0. The summed E-state index contributed by atoms with van der Waals surface area (Å²) in [5.74, 6) is 1.48. The summed E-state index contributed by atoms with van der Waals surface area (Å²) in [6.07, 6.45) is 2.77. The predicted octanol–water partition coefficient (Wildman–Crippen LogP) is 4.23. The molecule has 1 aliphatic carbocycles. The van der Waals surface area contributed by atoms with E-state index in [-0.39, 0.29) is 0 Å². The van der Waals surface area contributed by atoms with E-state index in [1.165, 1.54) is 24.0 Å². The summed E-state index contributed by atoms with van der Waals surface area (Å²) in [6, 6.07) is 21.8. The summed E-state index contributed by atoms with van der Waals surface area (Å²) < 4.78 is 0. The van der Waals surface area contributed by atoms with Gasteiger partial charge in [0.25, 0.3) is 0 Å². The molecular formula is C16H16. The zero-order chi connectivity index (χ0) is 10.8. The zero-order valence-electron chi connectivity index (χ0n) is 9.34. The lowest BCUT2D eigenvalue weighted by molar-refractivity contribution is 0.704. The molecule has 0 aliphatic heterocycles. The Bertz CT molecular complexity index is 400. The third-order valence-corrected chi connectivity index (χ3v) is 3.41. The molecule has 1 saturated carbocycles. The summed E-state index contributed by atoms with van der Waals surface area (Å²) in [5, 5.41) is 0. The van der Waals surface area contributed by atoms with Gasteiger partial charge in [0, 0.05) is 5.92 Å². The highest BCUT2D eigenvalue weighted by Gasteiger charge is 2.32. The van der Waals surface area contributed by atoms with Crippen LogP contribution in [0.5, 0.6) is 0 Å². The molecule has 0 radical (unpaired) electrons. The van der Waals surface area contributed by atoms with Gasteiger partial charge in [-0.25, -0.2) is 0 Å². The van der Waals surface area contributed by atoms with Crippen molar-refractivity contribution in [2.75, 3.05) is 0 Å². The zero-order valence-corrected chi connectivity index (χ0v) is 9.34. The van der Waals surface area contributed by atoms with Crippen LogP contribution in [0.15, 0.2) is 60.7 Å². The van der Waals surface area contributed by atoms with Gasteiger partial charge in [0.2, 0.25) is 0 Å². The van der Waals surface area contributed by atoms with E-state index in [2.05, 4.69) is 60.7 Å². The molecular weight excluding hydrogens is 192 g/mol. The summed E-state index contributed by atoms with van der Waals surface area (Å²) in [7, 11) is 0. The highest BCUT2D eigenvalue weighted by Crippen LogP contribution is 2.46. The van der Waals surface area contributed by atoms with E-state index in [0.717, 1.165) is 5.92 Å². The molecule has 0 heterocycles. The van der Waals surface area contributed by atoms with Gasteiger partial charge in [0.1, 0.15) is 0 Å². The predicted molar refractivity (Wildman–Crippen MR) is 67.5 cm³/mol. The maximum atomic E-state index is 2.26. The Hall–Kier alpha value is -1.56. The number of benzene rings is 2. The minimum absolute atomic E-state index is 0.613. The van der Waals surface area contributed by atoms with Crippen molar-refractivity contribution in [2.24, 2.45) is 5.92 Å². The summed E-state index contributed by atoms with van der Waals surface area (Å²) in [6.45, 7) is 0. The van der Waals surface area contributed by atoms with Gasteiger partial charge < -0.3 is 0 Å². The second-order valence-corrected chi connectivity index (χ2v) is 4.64. The number of rotatable bonds is 3. The van der Waals surface area contributed by atoms with Crippen molar-refractivity contribution in [3.63, 3.8) is 0 Å². The van der Waals surface area contributed by atoms with Crippen LogP contribution in [0.1, 0.15) is 29.9 Å². The van der Waals surface area contributed by atoms with E-state index in [1.807, 2.05) is 0 Å². The Morgan fingerprint density at radius 3 is 1.50 bits per heavy atom. The molecule has 80 valence electrons. The van der Waals surface area contributed by atoms with E-state index >= 15 is 0 Å². The van der Waals surface area contributed by atoms with Crippen LogP contribution in [0.2, 0.25) is 0 Å². The SMILES string of the molecule is c1ccc(C(c2ccccc2)C2CC2)cc1. The molecule has 0 heteroatoms. The van der Waals surface area contributed by atoms with Gasteiger partial charge in [0.05, 0.1) is 0 Å². The fraction of sp³-hybridized carbons (Fsp3) is 0.250. The van der Waals surface area contributed by atoms with Crippen LogP contribution in [0.4, 0.5) is 0 Å². The number of hydrogen-bond acceptors (Lipinski definition) is 0. The Morgan fingerprint density at radius 1 is 0.688 bits per heavy atom. The molecule has 0 atom stereocenters. The Balaban J connectivity index is 1.99. The molecule has 0 amide bonds. The third kappa shape index (κ3) is 1.88. The molecule has 0 spiro atoms. The lowest BCUT2D eigenvalue weighted by Crippen LogP contribution is -2.02. The van der Waals surface area contributed by atoms with E-state index < -0.39 is 0 Å². The van der Waals surface area contributed by atoms with Gasteiger partial charge in [-0.1, -0.05) is 60.7 Å². The summed E-state index contributed by atoms with van der Waals surface area (Å²) in [5.41, 5.74) is 2.94. The molecule has 0 nitrogen and oxygen atoms in total. The maximum Gasteiger partial charge on any atom is 0.0118 e. The first kappa shape index (κ1) is 9.65. The quantitative estimate of drug-likeness (QED) is 0.708. The fourth-order valence-electron chi connectivity index (χ4n) is 2.49. The lowest BCUT2D eigenvalue weighted by atomic mass is 9.87. The van der Waals surface area contributed by atoms with Gasteiger partial charge in [-0.3, -0.25) is 0 Å². The molecule has 0 unspecified atom stereocenters. The molecule has 1 fully saturated rings.